The first-order valence-electron chi connectivity index (χ1n) is 5.64. The first kappa shape index (κ1) is 13.6. The molecule has 1 aromatic carbocycles. The van der Waals surface area contributed by atoms with Gasteiger partial charge in [0.15, 0.2) is 0 Å². The molecule has 1 unspecified atom stereocenters. The third kappa shape index (κ3) is 4.13. The fourth-order valence-corrected chi connectivity index (χ4v) is 1.59. The summed E-state index contributed by atoms with van der Waals surface area (Å²) in [6.07, 6.45) is 0.349. The number of nitrogens with one attached hydrogen (secondary N) is 1. The van der Waals surface area contributed by atoms with Crippen LogP contribution in [0.3, 0.4) is 0 Å². The van der Waals surface area contributed by atoms with Crippen LogP contribution in [0, 0.1) is 17.0 Å². The molecule has 0 spiro atoms. The van der Waals surface area contributed by atoms with E-state index in [-0.39, 0.29) is 16.7 Å². The molecule has 1 rings (SSSR count). The number of rotatable bonds is 6. The summed E-state index contributed by atoms with van der Waals surface area (Å²) < 4.78 is 0. The molecule has 0 aliphatic heterocycles. The van der Waals surface area contributed by atoms with Gasteiger partial charge >= 0.3 is 0 Å². The highest BCUT2D eigenvalue weighted by Crippen LogP contribution is 2.20. The summed E-state index contributed by atoms with van der Waals surface area (Å²) in [5.41, 5.74) is 1.77. The number of nitro benzene ring substituents is 1. The minimum absolute atomic E-state index is 0.153. The summed E-state index contributed by atoms with van der Waals surface area (Å²) in [5, 5.41) is 23.0. The van der Waals surface area contributed by atoms with Crippen LogP contribution in [-0.4, -0.2) is 22.7 Å². The lowest BCUT2D eigenvalue weighted by Crippen LogP contribution is -2.19. The molecule has 0 fully saturated rings. The van der Waals surface area contributed by atoms with E-state index in [4.69, 9.17) is 5.11 Å². The zero-order valence-electron chi connectivity index (χ0n) is 10.1. The number of nitrogens with zero attached hydrogens (tertiary/aromatic N) is 1. The van der Waals surface area contributed by atoms with Crippen LogP contribution in [-0.2, 0) is 6.54 Å². The van der Waals surface area contributed by atoms with Crippen molar-refractivity contribution in [2.75, 3.05) is 6.54 Å². The Labute approximate surface area is 101 Å². The summed E-state index contributed by atoms with van der Waals surface area (Å²) in [5.74, 6) is 0. The molecule has 5 nitrogen and oxygen atoms in total. The molecule has 1 aromatic rings. The normalized spacial score (nSPS) is 12.4. The molecule has 0 heterocycles. The van der Waals surface area contributed by atoms with Gasteiger partial charge in [0.1, 0.15) is 0 Å². The minimum atomic E-state index is -0.366. The maximum Gasteiger partial charge on any atom is 0.272 e. The highest BCUT2D eigenvalue weighted by Gasteiger charge is 2.12. The van der Waals surface area contributed by atoms with E-state index >= 15 is 0 Å². The van der Waals surface area contributed by atoms with E-state index in [0.717, 1.165) is 5.56 Å². The molecular weight excluding hydrogens is 220 g/mol. The number of hydrogen-bond donors (Lipinski definition) is 2. The number of benzene rings is 1. The summed E-state index contributed by atoms with van der Waals surface area (Å²) in [6, 6.07) is 5.07. The Balaban J connectivity index is 2.59. The zero-order chi connectivity index (χ0) is 12.8. The molecule has 0 bridgehead atoms. The van der Waals surface area contributed by atoms with Crippen molar-refractivity contribution >= 4 is 5.69 Å². The molecule has 94 valence electrons. The van der Waals surface area contributed by atoms with Crippen molar-refractivity contribution in [2.45, 2.75) is 32.9 Å². The predicted octanol–water partition coefficient (Wildman–Crippen LogP) is 1.76. The van der Waals surface area contributed by atoms with Crippen LogP contribution < -0.4 is 5.32 Å². The Morgan fingerprint density at radius 3 is 2.82 bits per heavy atom. The Morgan fingerprint density at radius 1 is 1.53 bits per heavy atom. The van der Waals surface area contributed by atoms with Crippen molar-refractivity contribution in [3.05, 3.63) is 39.4 Å². The second-order valence-corrected chi connectivity index (χ2v) is 4.13. The van der Waals surface area contributed by atoms with Crippen molar-refractivity contribution in [3.63, 3.8) is 0 Å². The average Bonchev–Trinajstić information content (AvgIpc) is 2.25. The molecule has 0 radical (unpaired) electrons. The zero-order valence-corrected chi connectivity index (χ0v) is 10.1. The number of aliphatic hydroxyl groups is 1. The summed E-state index contributed by atoms with van der Waals surface area (Å²) >= 11 is 0. The monoisotopic (exact) mass is 238 g/mol. The molecule has 5 heteroatoms. The Bertz CT molecular complexity index is 391. The van der Waals surface area contributed by atoms with E-state index < -0.39 is 0 Å². The van der Waals surface area contributed by atoms with Crippen LogP contribution in [0.5, 0.6) is 0 Å². The van der Waals surface area contributed by atoms with Crippen molar-refractivity contribution in [3.8, 4) is 0 Å². The first-order chi connectivity index (χ1) is 8.02. The Morgan fingerprint density at radius 2 is 2.24 bits per heavy atom. The van der Waals surface area contributed by atoms with Gasteiger partial charge < -0.3 is 10.4 Å². The number of aliphatic hydroxyl groups excluding tert-OH is 1. The van der Waals surface area contributed by atoms with Gasteiger partial charge in [0.05, 0.1) is 11.0 Å². The number of nitro groups is 1. The molecule has 0 aromatic heterocycles. The van der Waals surface area contributed by atoms with Gasteiger partial charge in [0.25, 0.3) is 5.69 Å². The molecular formula is C12H18N2O3. The summed E-state index contributed by atoms with van der Waals surface area (Å²) in [7, 11) is 0. The van der Waals surface area contributed by atoms with E-state index in [2.05, 4.69) is 5.32 Å². The molecule has 1 atom stereocenters. The standard InChI is InChI=1S/C12H18N2O3/c1-9(15)6-7-13-8-11-4-3-5-12(10(11)2)14(16)17/h3-5,9,13,15H,6-8H2,1-2H3. The van der Waals surface area contributed by atoms with Crippen LogP contribution in [0.25, 0.3) is 0 Å². The molecule has 0 saturated heterocycles. The SMILES string of the molecule is Cc1c(CNCCC(C)O)cccc1[N+](=O)[O-]. The molecule has 0 saturated carbocycles. The predicted molar refractivity (Wildman–Crippen MR) is 65.8 cm³/mol. The second kappa shape index (κ2) is 6.32. The largest absolute Gasteiger partial charge is 0.393 e. The second-order valence-electron chi connectivity index (χ2n) is 4.13. The molecule has 0 amide bonds. The van der Waals surface area contributed by atoms with E-state index in [0.29, 0.717) is 25.1 Å². The smallest absolute Gasteiger partial charge is 0.272 e. The van der Waals surface area contributed by atoms with Gasteiger partial charge in [0, 0.05) is 18.2 Å². The molecule has 0 aliphatic carbocycles. The fourth-order valence-electron chi connectivity index (χ4n) is 1.59. The maximum atomic E-state index is 10.7. The van der Waals surface area contributed by atoms with Crippen LogP contribution >= 0.6 is 0 Å². The van der Waals surface area contributed by atoms with Gasteiger partial charge in [-0.05, 0) is 32.4 Å². The summed E-state index contributed by atoms with van der Waals surface area (Å²) in [6.45, 7) is 4.77. The minimum Gasteiger partial charge on any atom is -0.393 e. The van der Waals surface area contributed by atoms with Crippen molar-refractivity contribution in [2.24, 2.45) is 0 Å². The van der Waals surface area contributed by atoms with Crippen molar-refractivity contribution in [1.29, 1.82) is 0 Å². The van der Waals surface area contributed by atoms with Gasteiger partial charge in [-0.15, -0.1) is 0 Å². The third-order valence-corrected chi connectivity index (χ3v) is 2.67. The van der Waals surface area contributed by atoms with Crippen molar-refractivity contribution < 1.29 is 10.0 Å². The van der Waals surface area contributed by atoms with E-state index in [1.54, 1.807) is 19.9 Å². The highest BCUT2D eigenvalue weighted by atomic mass is 16.6. The van der Waals surface area contributed by atoms with Crippen LogP contribution in [0.4, 0.5) is 5.69 Å². The molecule has 17 heavy (non-hydrogen) atoms. The number of hydrogen-bond acceptors (Lipinski definition) is 4. The quantitative estimate of drug-likeness (QED) is 0.450. The highest BCUT2D eigenvalue weighted by molar-refractivity contribution is 5.44. The van der Waals surface area contributed by atoms with Gasteiger partial charge in [0.2, 0.25) is 0 Å². The van der Waals surface area contributed by atoms with Crippen LogP contribution in [0.2, 0.25) is 0 Å². The van der Waals surface area contributed by atoms with E-state index in [9.17, 15) is 10.1 Å². The van der Waals surface area contributed by atoms with Gasteiger partial charge in [-0.25, -0.2) is 0 Å². The van der Waals surface area contributed by atoms with Gasteiger partial charge in [-0.2, -0.15) is 0 Å². The van der Waals surface area contributed by atoms with Gasteiger partial charge in [-0.1, -0.05) is 12.1 Å². The molecule has 0 aliphatic rings. The lowest BCUT2D eigenvalue weighted by molar-refractivity contribution is -0.385. The third-order valence-electron chi connectivity index (χ3n) is 2.67. The van der Waals surface area contributed by atoms with E-state index in [1.165, 1.54) is 6.07 Å². The van der Waals surface area contributed by atoms with Gasteiger partial charge in [-0.3, -0.25) is 10.1 Å². The first-order valence-corrected chi connectivity index (χ1v) is 5.64. The maximum absolute atomic E-state index is 10.7. The summed E-state index contributed by atoms with van der Waals surface area (Å²) in [4.78, 5) is 10.4. The topological polar surface area (TPSA) is 75.4 Å². The van der Waals surface area contributed by atoms with Crippen molar-refractivity contribution in [1.82, 2.24) is 5.32 Å². The fraction of sp³-hybridized carbons (Fsp3) is 0.500. The lowest BCUT2D eigenvalue weighted by atomic mass is 10.1. The molecule has 2 N–H and O–H groups in total. The Hall–Kier alpha value is -1.46. The Kier molecular flexibility index (Phi) is 5.06. The van der Waals surface area contributed by atoms with E-state index in [1.807, 2.05) is 6.07 Å². The van der Waals surface area contributed by atoms with Crippen LogP contribution in [0.15, 0.2) is 18.2 Å². The lowest BCUT2D eigenvalue weighted by Gasteiger charge is -2.09. The van der Waals surface area contributed by atoms with Crippen LogP contribution in [0.1, 0.15) is 24.5 Å². The average molecular weight is 238 g/mol.